The van der Waals surface area contributed by atoms with E-state index in [2.05, 4.69) is 5.32 Å². The quantitative estimate of drug-likeness (QED) is 0.833. The number of hydrogen-bond donors (Lipinski definition) is 1. The first kappa shape index (κ1) is 13.3. The number of rotatable bonds is 2. The predicted molar refractivity (Wildman–Crippen MR) is 76.0 cm³/mol. The summed E-state index contributed by atoms with van der Waals surface area (Å²) in [5.41, 5.74) is -0.556. The van der Waals surface area contributed by atoms with E-state index in [1.54, 1.807) is 0 Å². The van der Waals surface area contributed by atoms with Gasteiger partial charge in [0.05, 0.1) is 0 Å². The van der Waals surface area contributed by atoms with Crippen molar-refractivity contribution in [2.45, 2.75) is 44.1 Å². The van der Waals surface area contributed by atoms with Crippen LogP contribution in [0.25, 0.3) is 0 Å². The Labute approximate surface area is 118 Å². The predicted octanol–water partition coefficient (Wildman–Crippen LogP) is 1.40. The van der Waals surface area contributed by atoms with Gasteiger partial charge in [0.15, 0.2) is 0 Å². The Balaban J connectivity index is 1.75. The molecule has 3 aliphatic rings. The summed E-state index contributed by atoms with van der Waals surface area (Å²) in [5, 5.41) is 3.02. The van der Waals surface area contributed by atoms with Crippen LogP contribution in [0.15, 0.2) is 0 Å². The highest BCUT2D eigenvalue weighted by Crippen LogP contribution is 2.34. The average molecular weight is 282 g/mol. The number of nitrogens with one attached hydrogen (secondary N) is 1. The zero-order valence-electron chi connectivity index (χ0n) is 11.3. The van der Waals surface area contributed by atoms with Crippen LogP contribution in [0.3, 0.4) is 0 Å². The van der Waals surface area contributed by atoms with E-state index in [1.165, 1.54) is 12.2 Å². The van der Waals surface area contributed by atoms with Crippen LogP contribution in [0.4, 0.5) is 0 Å². The Morgan fingerprint density at radius 3 is 2.79 bits per heavy atom. The molecule has 0 radical (unpaired) electrons. The summed E-state index contributed by atoms with van der Waals surface area (Å²) in [6, 6.07) is 0. The zero-order chi connectivity index (χ0) is 13.3. The third-order valence-electron chi connectivity index (χ3n) is 4.64. The van der Waals surface area contributed by atoms with E-state index in [0.29, 0.717) is 18.9 Å². The minimum absolute atomic E-state index is 0.0542. The van der Waals surface area contributed by atoms with Gasteiger partial charge in [0.1, 0.15) is 5.54 Å². The molecule has 1 atom stereocenters. The number of amides is 2. The lowest BCUT2D eigenvalue weighted by Crippen LogP contribution is -2.56. The Hall–Kier alpha value is -0.710. The van der Waals surface area contributed by atoms with Crippen molar-refractivity contribution in [3.63, 3.8) is 0 Å². The summed E-state index contributed by atoms with van der Waals surface area (Å²) in [5.74, 6) is 3.25. The fourth-order valence-corrected chi connectivity index (χ4v) is 4.83. The molecule has 2 heterocycles. The van der Waals surface area contributed by atoms with Crippen molar-refractivity contribution in [1.82, 2.24) is 10.2 Å². The molecule has 2 aliphatic heterocycles. The SMILES string of the molecule is O=C1CCN(CC2CCSC2)C(=O)C2(CCCC2)N1. The van der Waals surface area contributed by atoms with Crippen molar-refractivity contribution in [1.29, 1.82) is 0 Å². The highest BCUT2D eigenvalue weighted by molar-refractivity contribution is 7.99. The molecule has 1 N–H and O–H groups in total. The van der Waals surface area contributed by atoms with E-state index >= 15 is 0 Å². The number of nitrogens with zero attached hydrogens (tertiary/aromatic N) is 1. The lowest BCUT2D eigenvalue weighted by molar-refractivity contribution is -0.139. The largest absolute Gasteiger partial charge is 0.342 e. The number of carbonyl (C=O) groups excluding carboxylic acids is 2. The van der Waals surface area contributed by atoms with Crippen molar-refractivity contribution in [2.24, 2.45) is 5.92 Å². The van der Waals surface area contributed by atoms with Crippen LogP contribution in [0.5, 0.6) is 0 Å². The molecule has 1 spiro atoms. The maximum absolute atomic E-state index is 12.8. The summed E-state index contributed by atoms with van der Waals surface area (Å²) in [7, 11) is 0. The lowest BCUT2D eigenvalue weighted by atomic mass is 9.95. The van der Waals surface area contributed by atoms with Gasteiger partial charge in [0.2, 0.25) is 11.8 Å². The second-order valence-corrected chi connectivity index (χ2v) is 7.22. The minimum atomic E-state index is -0.556. The van der Waals surface area contributed by atoms with E-state index in [9.17, 15) is 9.59 Å². The van der Waals surface area contributed by atoms with E-state index in [0.717, 1.165) is 38.0 Å². The number of carbonyl (C=O) groups is 2. The molecule has 4 nitrogen and oxygen atoms in total. The smallest absolute Gasteiger partial charge is 0.248 e. The summed E-state index contributed by atoms with van der Waals surface area (Å²) in [4.78, 5) is 26.7. The van der Waals surface area contributed by atoms with Crippen LogP contribution >= 0.6 is 11.8 Å². The molecular weight excluding hydrogens is 260 g/mol. The summed E-state index contributed by atoms with van der Waals surface area (Å²) < 4.78 is 0. The molecule has 1 unspecified atom stereocenters. The second kappa shape index (κ2) is 5.35. The zero-order valence-corrected chi connectivity index (χ0v) is 12.1. The Kier molecular flexibility index (Phi) is 3.74. The maximum Gasteiger partial charge on any atom is 0.248 e. The molecule has 2 saturated heterocycles. The van der Waals surface area contributed by atoms with Crippen LogP contribution in [-0.4, -0.2) is 46.8 Å². The van der Waals surface area contributed by atoms with Gasteiger partial charge in [0.25, 0.3) is 0 Å². The van der Waals surface area contributed by atoms with Crippen LogP contribution in [0.1, 0.15) is 38.5 Å². The van der Waals surface area contributed by atoms with Gasteiger partial charge in [-0.15, -0.1) is 0 Å². The highest BCUT2D eigenvalue weighted by Gasteiger charge is 2.46. The number of thioether (sulfide) groups is 1. The topological polar surface area (TPSA) is 49.4 Å². The van der Waals surface area contributed by atoms with Gasteiger partial charge in [-0.25, -0.2) is 0 Å². The Morgan fingerprint density at radius 1 is 1.32 bits per heavy atom. The van der Waals surface area contributed by atoms with Gasteiger partial charge < -0.3 is 10.2 Å². The van der Waals surface area contributed by atoms with Gasteiger partial charge >= 0.3 is 0 Å². The van der Waals surface area contributed by atoms with E-state index < -0.39 is 5.54 Å². The van der Waals surface area contributed by atoms with Crippen LogP contribution in [0.2, 0.25) is 0 Å². The molecule has 2 amide bonds. The molecule has 106 valence electrons. The molecule has 3 fully saturated rings. The minimum Gasteiger partial charge on any atom is -0.342 e. The summed E-state index contributed by atoms with van der Waals surface area (Å²) in [6.07, 6.45) is 5.44. The van der Waals surface area contributed by atoms with Gasteiger partial charge in [0, 0.05) is 19.5 Å². The van der Waals surface area contributed by atoms with Gasteiger partial charge in [-0.05, 0) is 36.7 Å². The van der Waals surface area contributed by atoms with E-state index in [1.807, 2.05) is 16.7 Å². The molecule has 0 aromatic rings. The molecule has 1 aliphatic carbocycles. The maximum atomic E-state index is 12.8. The average Bonchev–Trinajstić information content (AvgIpc) is 3.03. The molecule has 0 aromatic heterocycles. The molecule has 19 heavy (non-hydrogen) atoms. The fraction of sp³-hybridized carbons (Fsp3) is 0.857. The first-order valence-corrected chi connectivity index (χ1v) is 8.53. The van der Waals surface area contributed by atoms with Crippen molar-refractivity contribution in [2.75, 3.05) is 24.6 Å². The van der Waals surface area contributed by atoms with E-state index in [4.69, 9.17) is 0 Å². The van der Waals surface area contributed by atoms with E-state index in [-0.39, 0.29) is 11.8 Å². The molecule has 1 saturated carbocycles. The van der Waals surface area contributed by atoms with Crippen LogP contribution in [0, 0.1) is 5.92 Å². The Bertz CT molecular complexity index is 374. The van der Waals surface area contributed by atoms with Crippen molar-refractivity contribution in [3.05, 3.63) is 0 Å². The Morgan fingerprint density at radius 2 is 2.11 bits per heavy atom. The van der Waals surface area contributed by atoms with Gasteiger partial charge in [-0.1, -0.05) is 12.8 Å². The second-order valence-electron chi connectivity index (χ2n) is 6.07. The number of hydrogen-bond acceptors (Lipinski definition) is 3. The van der Waals surface area contributed by atoms with Crippen LogP contribution in [-0.2, 0) is 9.59 Å². The van der Waals surface area contributed by atoms with Crippen molar-refractivity contribution in [3.8, 4) is 0 Å². The standard InChI is InChI=1S/C14H22N2O2S/c17-12-3-7-16(9-11-4-8-19-10-11)13(18)14(15-12)5-1-2-6-14/h11H,1-10H2,(H,15,17). The molecular formula is C14H22N2O2S. The third-order valence-corrected chi connectivity index (χ3v) is 5.88. The van der Waals surface area contributed by atoms with Crippen molar-refractivity contribution >= 4 is 23.6 Å². The molecule has 5 heteroatoms. The summed E-state index contributed by atoms with van der Waals surface area (Å²) >= 11 is 1.98. The highest BCUT2D eigenvalue weighted by atomic mass is 32.2. The van der Waals surface area contributed by atoms with Gasteiger partial charge in [-0.2, -0.15) is 11.8 Å². The van der Waals surface area contributed by atoms with Gasteiger partial charge in [-0.3, -0.25) is 9.59 Å². The monoisotopic (exact) mass is 282 g/mol. The lowest BCUT2D eigenvalue weighted by Gasteiger charge is -2.33. The molecule has 0 aromatic carbocycles. The third kappa shape index (κ3) is 2.62. The summed E-state index contributed by atoms with van der Waals surface area (Å²) in [6.45, 7) is 1.45. The molecule has 0 bridgehead atoms. The van der Waals surface area contributed by atoms with Crippen molar-refractivity contribution < 1.29 is 9.59 Å². The normalized spacial score (nSPS) is 30.7. The first-order chi connectivity index (χ1) is 9.20. The molecule has 3 rings (SSSR count). The van der Waals surface area contributed by atoms with Crippen LogP contribution < -0.4 is 5.32 Å². The fourth-order valence-electron chi connectivity index (χ4n) is 3.55. The first-order valence-electron chi connectivity index (χ1n) is 7.38.